The number of benzene rings is 1. The summed E-state index contributed by atoms with van der Waals surface area (Å²) in [5, 5.41) is 0. The van der Waals surface area contributed by atoms with Crippen molar-refractivity contribution in [2.24, 2.45) is 0 Å². The summed E-state index contributed by atoms with van der Waals surface area (Å²) in [6.07, 6.45) is 5.54. The fourth-order valence-corrected chi connectivity index (χ4v) is 1.23. The smallest absolute Gasteiger partial charge is 0.0314 e. The summed E-state index contributed by atoms with van der Waals surface area (Å²) in [5.41, 5.74) is 6.21. The minimum Gasteiger partial charge on any atom is -0.399 e. The van der Waals surface area contributed by atoms with Crippen LogP contribution in [0.1, 0.15) is 39.5 Å². The van der Waals surface area contributed by atoms with Crippen LogP contribution in [0, 0.1) is 0 Å². The van der Waals surface area contributed by atoms with Crippen molar-refractivity contribution in [2.45, 2.75) is 39.5 Å². The van der Waals surface area contributed by atoms with Crippen molar-refractivity contribution in [3.05, 3.63) is 28.7 Å². The molecular formula is C12H20BrN. The number of hydrogen-bond donors (Lipinski definition) is 1. The lowest BCUT2D eigenvalue weighted by Gasteiger charge is -1.88. The van der Waals surface area contributed by atoms with Gasteiger partial charge in [-0.2, -0.15) is 0 Å². The quantitative estimate of drug-likeness (QED) is 0.621. The molecular weight excluding hydrogens is 238 g/mol. The van der Waals surface area contributed by atoms with Gasteiger partial charge in [-0.1, -0.05) is 55.5 Å². The van der Waals surface area contributed by atoms with Crippen LogP contribution in [-0.2, 0) is 0 Å². The van der Waals surface area contributed by atoms with Gasteiger partial charge in [-0.3, -0.25) is 0 Å². The van der Waals surface area contributed by atoms with Crippen LogP contribution in [0.15, 0.2) is 28.7 Å². The maximum atomic E-state index is 5.41. The predicted octanol–water partition coefficient (Wildman–Crippen LogP) is 4.62. The summed E-state index contributed by atoms with van der Waals surface area (Å²) in [6, 6.07) is 7.53. The summed E-state index contributed by atoms with van der Waals surface area (Å²) < 4.78 is 1.06. The molecule has 0 saturated carbocycles. The van der Waals surface area contributed by atoms with E-state index in [9.17, 15) is 0 Å². The standard InChI is InChI=1S/C6H6BrN.C6H14/c7-5-1-3-6(8)4-2-5;1-3-5-6-4-2/h1-4H,8H2;3-6H2,1-2H3. The number of unbranched alkanes of at least 4 members (excludes halogenated alkanes) is 3. The van der Waals surface area contributed by atoms with Crippen molar-refractivity contribution in [1.29, 1.82) is 0 Å². The Labute approximate surface area is 95.8 Å². The SMILES string of the molecule is CCCCCC.Nc1ccc(Br)cc1. The van der Waals surface area contributed by atoms with E-state index in [0.717, 1.165) is 10.2 Å². The minimum atomic E-state index is 0.799. The highest BCUT2D eigenvalue weighted by Crippen LogP contribution is 2.10. The second-order valence-corrected chi connectivity index (χ2v) is 4.17. The molecule has 0 fully saturated rings. The van der Waals surface area contributed by atoms with Gasteiger partial charge in [0.05, 0.1) is 0 Å². The minimum absolute atomic E-state index is 0.799. The molecule has 0 saturated heterocycles. The number of nitrogen functional groups attached to an aromatic ring is 1. The van der Waals surface area contributed by atoms with Crippen molar-refractivity contribution >= 4 is 21.6 Å². The summed E-state index contributed by atoms with van der Waals surface area (Å²) in [6.45, 7) is 4.46. The van der Waals surface area contributed by atoms with E-state index in [1.54, 1.807) is 0 Å². The number of hydrogen-bond acceptors (Lipinski definition) is 1. The molecule has 2 heteroatoms. The van der Waals surface area contributed by atoms with E-state index in [-0.39, 0.29) is 0 Å². The van der Waals surface area contributed by atoms with Crippen molar-refractivity contribution in [2.75, 3.05) is 5.73 Å². The van der Waals surface area contributed by atoms with Crippen LogP contribution in [0.25, 0.3) is 0 Å². The lowest BCUT2D eigenvalue weighted by Crippen LogP contribution is -1.80. The fourth-order valence-electron chi connectivity index (χ4n) is 0.963. The average Bonchev–Trinajstić information content (AvgIpc) is 2.20. The Morgan fingerprint density at radius 2 is 1.43 bits per heavy atom. The molecule has 14 heavy (non-hydrogen) atoms. The van der Waals surface area contributed by atoms with E-state index in [2.05, 4.69) is 29.8 Å². The molecule has 1 rings (SSSR count). The van der Waals surface area contributed by atoms with E-state index in [4.69, 9.17) is 5.73 Å². The lowest BCUT2D eigenvalue weighted by molar-refractivity contribution is 0.702. The number of halogens is 1. The Morgan fingerprint density at radius 3 is 1.71 bits per heavy atom. The number of rotatable bonds is 3. The Bertz CT molecular complexity index is 193. The Morgan fingerprint density at radius 1 is 1.00 bits per heavy atom. The van der Waals surface area contributed by atoms with Crippen LogP contribution >= 0.6 is 15.9 Å². The molecule has 0 radical (unpaired) electrons. The number of nitrogens with two attached hydrogens (primary N) is 1. The van der Waals surface area contributed by atoms with E-state index in [1.165, 1.54) is 25.7 Å². The second kappa shape index (κ2) is 9.07. The Hall–Kier alpha value is -0.500. The Kier molecular flexibility index (Phi) is 8.75. The molecule has 0 aliphatic carbocycles. The summed E-state index contributed by atoms with van der Waals surface area (Å²) >= 11 is 3.29. The third-order valence-electron chi connectivity index (χ3n) is 1.83. The topological polar surface area (TPSA) is 26.0 Å². The maximum Gasteiger partial charge on any atom is 0.0314 e. The molecule has 0 spiro atoms. The summed E-state index contributed by atoms with van der Waals surface area (Å²) in [4.78, 5) is 0. The van der Waals surface area contributed by atoms with Crippen LogP contribution in [0.3, 0.4) is 0 Å². The molecule has 0 atom stereocenters. The third kappa shape index (κ3) is 8.11. The molecule has 0 heterocycles. The van der Waals surface area contributed by atoms with Gasteiger partial charge in [-0.25, -0.2) is 0 Å². The van der Waals surface area contributed by atoms with Crippen molar-refractivity contribution < 1.29 is 0 Å². The van der Waals surface area contributed by atoms with Crippen molar-refractivity contribution in [1.82, 2.24) is 0 Å². The van der Waals surface area contributed by atoms with Crippen LogP contribution in [0.2, 0.25) is 0 Å². The van der Waals surface area contributed by atoms with Gasteiger partial charge < -0.3 is 5.73 Å². The highest BCUT2D eigenvalue weighted by atomic mass is 79.9. The molecule has 2 N–H and O–H groups in total. The van der Waals surface area contributed by atoms with E-state index >= 15 is 0 Å². The fraction of sp³-hybridized carbons (Fsp3) is 0.500. The van der Waals surface area contributed by atoms with E-state index in [0.29, 0.717) is 0 Å². The van der Waals surface area contributed by atoms with E-state index < -0.39 is 0 Å². The third-order valence-corrected chi connectivity index (χ3v) is 2.36. The van der Waals surface area contributed by atoms with Gasteiger partial charge in [0.2, 0.25) is 0 Å². The van der Waals surface area contributed by atoms with Gasteiger partial charge in [0.15, 0.2) is 0 Å². The van der Waals surface area contributed by atoms with Gasteiger partial charge in [-0.05, 0) is 24.3 Å². The second-order valence-electron chi connectivity index (χ2n) is 3.26. The van der Waals surface area contributed by atoms with Gasteiger partial charge in [-0.15, -0.1) is 0 Å². The molecule has 1 nitrogen and oxygen atoms in total. The first-order chi connectivity index (χ1) is 6.70. The molecule has 0 aromatic heterocycles. The zero-order valence-electron chi connectivity index (χ0n) is 9.09. The molecule has 1 aromatic rings. The Balaban J connectivity index is 0.000000255. The average molecular weight is 258 g/mol. The summed E-state index contributed by atoms with van der Waals surface area (Å²) in [7, 11) is 0. The van der Waals surface area contributed by atoms with Crippen LogP contribution < -0.4 is 5.73 Å². The van der Waals surface area contributed by atoms with Crippen molar-refractivity contribution in [3.8, 4) is 0 Å². The lowest BCUT2D eigenvalue weighted by atomic mass is 10.2. The molecule has 0 amide bonds. The zero-order chi connectivity index (χ0) is 10.8. The highest BCUT2D eigenvalue weighted by molar-refractivity contribution is 9.10. The normalized spacial score (nSPS) is 9.07. The zero-order valence-corrected chi connectivity index (χ0v) is 10.7. The molecule has 0 bridgehead atoms. The monoisotopic (exact) mass is 257 g/mol. The van der Waals surface area contributed by atoms with Crippen LogP contribution in [0.4, 0.5) is 5.69 Å². The molecule has 1 aromatic carbocycles. The largest absolute Gasteiger partial charge is 0.399 e. The van der Waals surface area contributed by atoms with Crippen LogP contribution in [0.5, 0.6) is 0 Å². The molecule has 0 aliphatic heterocycles. The van der Waals surface area contributed by atoms with Gasteiger partial charge in [0, 0.05) is 10.2 Å². The first-order valence-electron chi connectivity index (χ1n) is 5.21. The molecule has 0 aliphatic rings. The summed E-state index contributed by atoms with van der Waals surface area (Å²) in [5.74, 6) is 0. The first-order valence-corrected chi connectivity index (χ1v) is 6.01. The first kappa shape index (κ1) is 13.5. The molecule has 80 valence electrons. The van der Waals surface area contributed by atoms with Crippen molar-refractivity contribution in [3.63, 3.8) is 0 Å². The number of anilines is 1. The predicted molar refractivity (Wildman–Crippen MR) is 68.4 cm³/mol. The van der Waals surface area contributed by atoms with Gasteiger partial charge in [0.1, 0.15) is 0 Å². The van der Waals surface area contributed by atoms with Gasteiger partial charge in [0.25, 0.3) is 0 Å². The van der Waals surface area contributed by atoms with Crippen LogP contribution in [-0.4, -0.2) is 0 Å². The van der Waals surface area contributed by atoms with E-state index in [1.807, 2.05) is 24.3 Å². The highest BCUT2D eigenvalue weighted by Gasteiger charge is 1.81. The molecule has 0 unspecified atom stereocenters. The maximum absolute atomic E-state index is 5.41. The van der Waals surface area contributed by atoms with Gasteiger partial charge >= 0.3 is 0 Å².